The van der Waals surface area contributed by atoms with E-state index in [9.17, 15) is 27.6 Å². The molecule has 0 aromatic heterocycles. The molecular weight excluding hydrogens is 385 g/mol. The second-order valence-electron chi connectivity index (χ2n) is 7.42. The lowest BCUT2D eigenvalue weighted by molar-refractivity contribution is -0.138. The normalized spacial score (nSPS) is 19.8. The monoisotopic (exact) mass is 410 g/mol. The number of aliphatic carboxylic acids is 1. The van der Waals surface area contributed by atoms with Crippen molar-refractivity contribution in [2.24, 2.45) is 11.8 Å². The van der Waals surface area contributed by atoms with Crippen LogP contribution in [-0.4, -0.2) is 22.6 Å². The average molecular weight is 410 g/mol. The van der Waals surface area contributed by atoms with Gasteiger partial charge in [-0.25, -0.2) is 0 Å². The molecule has 0 spiro atoms. The molecule has 1 aliphatic rings. The summed E-state index contributed by atoms with van der Waals surface area (Å²) in [5.41, 5.74) is -0.628. The van der Waals surface area contributed by atoms with Crippen LogP contribution in [0.15, 0.2) is 36.4 Å². The number of carboxylic acids is 1. The molecule has 0 heterocycles. The molecule has 0 saturated heterocycles. The molecule has 1 aromatic carbocycles. The summed E-state index contributed by atoms with van der Waals surface area (Å²) in [5.74, 6) is -1.21. The topological polar surface area (TPSA) is 71.4 Å². The molecule has 2 atom stereocenters. The first-order chi connectivity index (χ1) is 13.7. The first kappa shape index (κ1) is 22.8. The quantitative estimate of drug-likeness (QED) is 0.316. The molecule has 7 heteroatoms. The van der Waals surface area contributed by atoms with Gasteiger partial charge in [0.1, 0.15) is 5.78 Å². The van der Waals surface area contributed by atoms with E-state index in [1.807, 2.05) is 0 Å². The molecule has 1 saturated carbocycles. The average Bonchev–Trinajstić information content (AvgIpc) is 3.01. The number of rotatable bonds is 10. The zero-order valence-corrected chi connectivity index (χ0v) is 16.1. The third-order valence-corrected chi connectivity index (χ3v) is 5.30. The van der Waals surface area contributed by atoms with Gasteiger partial charge in [-0.05, 0) is 43.4 Å². The Morgan fingerprint density at radius 1 is 1.07 bits per heavy atom. The van der Waals surface area contributed by atoms with Crippen LogP contribution in [0.4, 0.5) is 13.2 Å². The van der Waals surface area contributed by atoms with Crippen LogP contribution in [0.25, 0.3) is 0 Å². The molecule has 1 N–H and O–H groups in total. The summed E-state index contributed by atoms with van der Waals surface area (Å²) in [6.45, 7) is 0. The lowest BCUT2D eigenvalue weighted by atomic mass is 9.89. The number of carboxylic acid groups (broad SMARTS) is 1. The maximum absolute atomic E-state index is 12.6. The second kappa shape index (κ2) is 10.4. The minimum atomic E-state index is -4.44. The fourth-order valence-corrected chi connectivity index (χ4v) is 3.66. The summed E-state index contributed by atoms with van der Waals surface area (Å²) in [5, 5.41) is 8.62. The molecule has 0 bridgehead atoms. The highest BCUT2D eigenvalue weighted by atomic mass is 19.4. The van der Waals surface area contributed by atoms with Crippen LogP contribution in [0.2, 0.25) is 0 Å². The first-order valence-corrected chi connectivity index (χ1v) is 9.83. The van der Waals surface area contributed by atoms with Crippen LogP contribution in [0.5, 0.6) is 0 Å². The first-order valence-electron chi connectivity index (χ1n) is 9.83. The molecule has 1 fully saturated rings. The Labute approximate surface area is 167 Å². The van der Waals surface area contributed by atoms with Gasteiger partial charge in [0.25, 0.3) is 0 Å². The van der Waals surface area contributed by atoms with Gasteiger partial charge in [-0.15, -0.1) is 0 Å². The van der Waals surface area contributed by atoms with Gasteiger partial charge >= 0.3 is 12.1 Å². The van der Waals surface area contributed by atoms with Gasteiger partial charge in [-0.1, -0.05) is 37.5 Å². The molecule has 4 nitrogen and oxygen atoms in total. The molecule has 0 unspecified atom stereocenters. The van der Waals surface area contributed by atoms with Crippen LogP contribution in [-0.2, 0) is 15.8 Å². The van der Waals surface area contributed by atoms with E-state index < -0.39 is 17.7 Å². The van der Waals surface area contributed by atoms with Crippen molar-refractivity contribution in [3.05, 3.63) is 47.5 Å². The van der Waals surface area contributed by atoms with E-state index >= 15 is 0 Å². The Morgan fingerprint density at radius 3 is 2.34 bits per heavy atom. The number of benzene rings is 1. The number of alkyl halides is 3. The number of Topliss-reactive ketones (excluding diaryl/α,β-unsaturated/α-hetero) is 1. The van der Waals surface area contributed by atoms with Crippen molar-refractivity contribution < 1.29 is 32.7 Å². The standard InChI is InChI=1S/C22H25F3O4/c23-22(24,25)17-11-7-16(8-12-17)19(26)13-9-15-10-14-20(27)18(15)5-3-1-2-4-6-21(28)29/h7-9,11-13,15,18H,1-6,10,14H2,(H,28,29)/t15-,18+/m1/s1. The number of carbonyl (C=O) groups is 3. The molecule has 0 amide bonds. The fourth-order valence-electron chi connectivity index (χ4n) is 3.66. The van der Waals surface area contributed by atoms with Gasteiger partial charge in [0, 0.05) is 24.3 Å². The van der Waals surface area contributed by atoms with Crippen LogP contribution < -0.4 is 0 Å². The Morgan fingerprint density at radius 2 is 1.72 bits per heavy atom. The summed E-state index contributed by atoms with van der Waals surface area (Å²) in [7, 11) is 0. The molecule has 0 radical (unpaired) electrons. The van der Waals surface area contributed by atoms with Gasteiger partial charge in [0.15, 0.2) is 5.78 Å². The van der Waals surface area contributed by atoms with Crippen molar-refractivity contribution in [2.45, 2.75) is 57.5 Å². The molecular formula is C22H25F3O4. The Kier molecular flexibility index (Phi) is 8.17. The molecule has 29 heavy (non-hydrogen) atoms. The third-order valence-electron chi connectivity index (χ3n) is 5.30. The summed E-state index contributed by atoms with van der Waals surface area (Å²) in [4.78, 5) is 34.9. The van der Waals surface area contributed by atoms with Crippen LogP contribution in [0, 0.1) is 11.8 Å². The van der Waals surface area contributed by atoms with E-state index in [-0.39, 0.29) is 35.4 Å². The number of hydrogen-bond donors (Lipinski definition) is 1. The van der Waals surface area contributed by atoms with Crippen LogP contribution in [0.3, 0.4) is 0 Å². The summed E-state index contributed by atoms with van der Waals surface area (Å²) in [6, 6.07) is 4.08. The number of allylic oxidation sites excluding steroid dienone is 2. The zero-order chi connectivity index (χ0) is 21.4. The van der Waals surface area contributed by atoms with Gasteiger partial charge in [-0.3, -0.25) is 14.4 Å². The van der Waals surface area contributed by atoms with E-state index in [0.717, 1.165) is 43.5 Å². The molecule has 2 rings (SSSR count). The van der Waals surface area contributed by atoms with Crippen molar-refractivity contribution in [1.29, 1.82) is 0 Å². The summed E-state index contributed by atoms with van der Waals surface area (Å²) >= 11 is 0. The lowest BCUT2D eigenvalue weighted by Gasteiger charge is -2.14. The molecule has 158 valence electrons. The van der Waals surface area contributed by atoms with Crippen molar-refractivity contribution in [2.75, 3.05) is 0 Å². The van der Waals surface area contributed by atoms with Gasteiger partial charge in [0.2, 0.25) is 0 Å². The van der Waals surface area contributed by atoms with Gasteiger partial charge in [0.05, 0.1) is 5.56 Å². The van der Waals surface area contributed by atoms with Gasteiger partial charge < -0.3 is 5.11 Å². The Bertz CT molecular complexity index is 750. The fraction of sp³-hybridized carbons (Fsp3) is 0.500. The molecule has 1 aliphatic carbocycles. The van der Waals surface area contributed by atoms with E-state index in [1.54, 1.807) is 6.08 Å². The summed E-state index contributed by atoms with van der Waals surface area (Å²) < 4.78 is 37.8. The van der Waals surface area contributed by atoms with Crippen molar-refractivity contribution in [3.8, 4) is 0 Å². The van der Waals surface area contributed by atoms with E-state index in [4.69, 9.17) is 5.11 Å². The summed E-state index contributed by atoms with van der Waals surface area (Å²) in [6.07, 6.45) is 3.72. The Hall–Kier alpha value is -2.44. The number of hydrogen-bond acceptors (Lipinski definition) is 3. The van der Waals surface area contributed by atoms with E-state index in [2.05, 4.69) is 0 Å². The predicted molar refractivity (Wildman–Crippen MR) is 101 cm³/mol. The maximum atomic E-state index is 12.6. The highest BCUT2D eigenvalue weighted by Gasteiger charge is 2.32. The highest BCUT2D eigenvalue weighted by molar-refractivity contribution is 6.04. The van der Waals surface area contributed by atoms with Crippen molar-refractivity contribution >= 4 is 17.5 Å². The Balaban J connectivity index is 1.86. The number of halogens is 3. The molecule has 1 aromatic rings. The minimum absolute atomic E-state index is 0.0417. The zero-order valence-electron chi connectivity index (χ0n) is 16.1. The molecule has 0 aliphatic heterocycles. The number of unbranched alkanes of at least 4 members (excludes halogenated alkanes) is 3. The van der Waals surface area contributed by atoms with Crippen LogP contribution in [0.1, 0.15) is 67.3 Å². The van der Waals surface area contributed by atoms with Crippen molar-refractivity contribution in [3.63, 3.8) is 0 Å². The number of carbonyl (C=O) groups excluding carboxylic acids is 2. The highest BCUT2D eigenvalue weighted by Crippen LogP contribution is 2.34. The van der Waals surface area contributed by atoms with Crippen molar-refractivity contribution in [1.82, 2.24) is 0 Å². The van der Waals surface area contributed by atoms with E-state index in [0.29, 0.717) is 25.7 Å². The largest absolute Gasteiger partial charge is 0.481 e. The predicted octanol–water partition coefficient (Wildman–Crippen LogP) is 5.46. The van der Waals surface area contributed by atoms with Crippen LogP contribution >= 0.6 is 0 Å². The smallest absolute Gasteiger partial charge is 0.416 e. The van der Waals surface area contributed by atoms with E-state index in [1.165, 1.54) is 6.08 Å². The maximum Gasteiger partial charge on any atom is 0.416 e. The SMILES string of the molecule is O=C(O)CCCCCC[C@@H]1C(=O)CC[C@H]1C=CC(=O)c1ccc(C(F)(F)F)cc1. The second-order valence-corrected chi connectivity index (χ2v) is 7.42. The lowest BCUT2D eigenvalue weighted by Crippen LogP contribution is -2.13. The third kappa shape index (κ3) is 7.15. The van der Waals surface area contributed by atoms with Gasteiger partial charge in [-0.2, -0.15) is 13.2 Å². The number of ketones is 2. The minimum Gasteiger partial charge on any atom is -0.481 e.